The maximum atomic E-state index is 6.13. The van der Waals surface area contributed by atoms with Crippen LogP contribution in [0.25, 0.3) is 11.4 Å². The first-order chi connectivity index (χ1) is 12.8. The molecule has 4 rings (SSSR count). The maximum absolute atomic E-state index is 6.13. The number of nitrogens with two attached hydrogens (primary N) is 1. The van der Waals surface area contributed by atoms with E-state index in [9.17, 15) is 0 Å². The van der Waals surface area contributed by atoms with Gasteiger partial charge in [0.25, 0.3) is 0 Å². The lowest BCUT2D eigenvalue weighted by Crippen LogP contribution is -2.49. The fourth-order valence-corrected chi connectivity index (χ4v) is 3.65. The summed E-state index contributed by atoms with van der Waals surface area (Å²) in [6.45, 7) is 4.61. The lowest BCUT2D eigenvalue weighted by atomic mass is 10.1. The molecule has 134 valence electrons. The molecule has 1 aromatic heterocycles. The molecule has 1 atom stereocenters. The van der Waals surface area contributed by atoms with Crippen molar-refractivity contribution in [2.45, 2.75) is 6.04 Å². The third kappa shape index (κ3) is 3.49. The summed E-state index contributed by atoms with van der Waals surface area (Å²) in [5.41, 5.74) is 9.62. The van der Waals surface area contributed by atoms with E-state index < -0.39 is 0 Å². The van der Waals surface area contributed by atoms with Crippen molar-refractivity contribution in [2.24, 2.45) is 5.73 Å². The van der Waals surface area contributed by atoms with Crippen LogP contribution in [-0.4, -0.2) is 47.6 Å². The number of nitrogens with one attached hydrogen (secondary N) is 1. The summed E-state index contributed by atoms with van der Waals surface area (Å²) in [5.74, 6) is 0.905. The monoisotopic (exact) mass is 347 g/mol. The van der Waals surface area contributed by atoms with E-state index in [4.69, 9.17) is 5.73 Å². The van der Waals surface area contributed by atoms with Crippen LogP contribution in [0.1, 0.15) is 11.7 Å². The second kappa shape index (κ2) is 7.72. The second-order valence-corrected chi connectivity index (χ2v) is 6.66. The Kier molecular flexibility index (Phi) is 5.00. The quantitative estimate of drug-likeness (QED) is 0.745. The summed E-state index contributed by atoms with van der Waals surface area (Å²) in [7, 11) is 0. The van der Waals surface area contributed by atoms with Gasteiger partial charge in [-0.1, -0.05) is 48.5 Å². The summed E-state index contributed by atoms with van der Waals surface area (Å²) in [6, 6.07) is 21.0. The number of imidazole rings is 1. The molecule has 3 N–H and O–H groups in total. The molecule has 1 saturated heterocycles. The van der Waals surface area contributed by atoms with Gasteiger partial charge in [0.1, 0.15) is 5.82 Å². The maximum Gasteiger partial charge on any atom is 0.137 e. The van der Waals surface area contributed by atoms with E-state index in [2.05, 4.69) is 62.2 Å². The molecule has 1 aliphatic rings. The fourth-order valence-electron chi connectivity index (χ4n) is 3.65. The summed E-state index contributed by atoms with van der Waals surface area (Å²) < 4.78 is 0. The number of hydrogen-bond donors (Lipinski definition) is 2. The molecule has 2 aromatic carbocycles. The number of rotatable bonds is 5. The van der Waals surface area contributed by atoms with Gasteiger partial charge in [-0.3, -0.25) is 4.90 Å². The van der Waals surface area contributed by atoms with Crippen LogP contribution in [0.3, 0.4) is 0 Å². The number of aromatic amines is 1. The van der Waals surface area contributed by atoms with Crippen molar-refractivity contribution in [3.05, 3.63) is 72.6 Å². The van der Waals surface area contributed by atoms with Crippen molar-refractivity contribution in [3.63, 3.8) is 0 Å². The second-order valence-electron chi connectivity index (χ2n) is 6.66. The van der Waals surface area contributed by atoms with E-state index in [-0.39, 0.29) is 6.04 Å². The van der Waals surface area contributed by atoms with Crippen molar-refractivity contribution in [2.75, 3.05) is 37.6 Å². The zero-order chi connectivity index (χ0) is 17.8. The number of anilines is 1. The van der Waals surface area contributed by atoms with Crippen molar-refractivity contribution >= 4 is 5.69 Å². The van der Waals surface area contributed by atoms with Gasteiger partial charge in [-0.2, -0.15) is 0 Å². The van der Waals surface area contributed by atoms with Gasteiger partial charge in [0.05, 0.1) is 17.9 Å². The number of benzene rings is 2. The summed E-state index contributed by atoms with van der Waals surface area (Å²) in [4.78, 5) is 12.9. The minimum atomic E-state index is 0.179. The van der Waals surface area contributed by atoms with Gasteiger partial charge in [0.2, 0.25) is 0 Å². The Labute approximate surface area is 154 Å². The number of piperazine rings is 1. The Morgan fingerprint density at radius 2 is 1.58 bits per heavy atom. The van der Waals surface area contributed by atoms with Crippen LogP contribution in [0.15, 0.2) is 66.9 Å². The molecular formula is C21H25N5. The first-order valence-electron chi connectivity index (χ1n) is 9.19. The molecule has 5 heteroatoms. The third-order valence-electron chi connectivity index (χ3n) is 5.10. The molecule has 1 fully saturated rings. The van der Waals surface area contributed by atoms with E-state index in [1.807, 2.05) is 24.4 Å². The molecule has 0 amide bonds. The van der Waals surface area contributed by atoms with Crippen LogP contribution in [0.2, 0.25) is 0 Å². The average molecular weight is 347 g/mol. The summed E-state index contributed by atoms with van der Waals surface area (Å²) in [5, 5.41) is 0. The van der Waals surface area contributed by atoms with Crippen molar-refractivity contribution in [1.29, 1.82) is 0 Å². The molecule has 0 aliphatic carbocycles. The van der Waals surface area contributed by atoms with Crippen LogP contribution >= 0.6 is 0 Å². The molecule has 1 unspecified atom stereocenters. The number of nitrogens with zero attached hydrogens (tertiary/aromatic N) is 3. The Morgan fingerprint density at radius 1 is 0.923 bits per heavy atom. The van der Waals surface area contributed by atoms with Gasteiger partial charge < -0.3 is 15.6 Å². The number of H-pyrrole nitrogens is 1. The molecule has 0 radical (unpaired) electrons. The minimum Gasteiger partial charge on any atom is -0.369 e. The Morgan fingerprint density at radius 3 is 2.23 bits per heavy atom. The van der Waals surface area contributed by atoms with E-state index >= 15 is 0 Å². The van der Waals surface area contributed by atoms with Gasteiger partial charge in [-0.15, -0.1) is 0 Å². The molecular weight excluding hydrogens is 322 g/mol. The van der Waals surface area contributed by atoms with E-state index in [1.165, 1.54) is 5.69 Å². The van der Waals surface area contributed by atoms with Crippen LogP contribution in [0.4, 0.5) is 5.69 Å². The number of hydrogen-bond acceptors (Lipinski definition) is 4. The average Bonchev–Trinajstić information content (AvgIpc) is 3.20. The highest BCUT2D eigenvalue weighted by Crippen LogP contribution is 2.24. The zero-order valence-electron chi connectivity index (χ0n) is 14.9. The summed E-state index contributed by atoms with van der Waals surface area (Å²) >= 11 is 0. The molecule has 5 nitrogen and oxygen atoms in total. The molecule has 2 heterocycles. The zero-order valence-corrected chi connectivity index (χ0v) is 14.9. The minimum absolute atomic E-state index is 0.179. The van der Waals surface area contributed by atoms with Crippen LogP contribution in [0.5, 0.6) is 0 Å². The van der Waals surface area contributed by atoms with Gasteiger partial charge in [-0.05, 0) is 12.1 Å². The Hall–Kier alpha value is -2.63. The predicted molar refractivity (Wildman–Crippen MR) is 106 cm³/mol. The summed E-state index contributed by atoms with van der Waals surface area (Å²) in [6.07, 6.45) is 1.93. The first-order valence-corrected chi connectivity index (χ1v) is 9.19. The lowest BCUT2D eigenvalue weighted by Gasteiger charge is -2.39. The largest absolute Gasteiger partial charge is 0.369 e. The third-order valence-corrected chi connectivity index (χ3v) is 5.10. The van der Waals surface area contributed by atoms with Gasteiger partial charge in [-0.25, -0.2) is 4.98 Å². The molecule has 0 spiro atoms. The van der Waals surface area contributed by atoms with Gasteiger partial charge >= 0.3 is 0 Å². The molecule has 1 aliphatic heterocycles. The normalized spacial score (nSPS) is 16.6. The molecule has 3 aromatic rings. The Bertz CT molecular complexity index is 807. The highest BCUT2D eigenvalue weighted by molar-refractivity contribution is 5.54. The molecule has 0 bridgehead atoms. The highest BCUT2D eigenvalue weighted by atomic mass is 15.3. The highest BCUT2D eigenvalue weighted by Gasteiger charge is 2.25. The van der Waals surface area contributed by atoms with Gasteiger partial charge in [0, 0.05) is 44.0 Å². The lowest BCUT2D eigenvalue weighted by molar-refractivity contribution is 0.187. The van der Waals surface area contributed by atoms with Crippen LogP contribution in [0, 0.1) is 0 Å². The van der Waals surface area contributed by atoms with Crippen molar-refractivity contribution in [1.82, 2.24) is 14.9 Å². The number of aromatic nitrogens is 2. The first kappa shape index (κ1) is 16.8. The van der Waals surface area contributed by atoms with Crippen molar-refractivity contribution < 1.29 is 0 Å². The van der Waals surface area contributed by atoms with Crippen molar-refractivity contribution in [3.8, 4) is 11.4 Å². The van der Waals surface area contributed by atoms with Gasteiger partial charge in [0.15, 0.2) is 0 Å². The SMILES string of the molecule is NCC(c1cnc(-c2ccccc2)[nH]1)N1CCN(c2ccccc2)CC1. The van der Waals surface area contributed by atoms with E-state index in [0.29, 0.717) is 6.54 Å². The van der Waals surface area contributed by atoms with Crippen LogP contribution < -0.4 is 10.6 Å². The molecule has 26 heavy (non-hydrogen) atoms. The Balaban J connectivity index is 1.45. The fraction of sp³-hybridized carbons (Fsp3) is 0.286. The smallest absolute Gasteiger partial charge is 0.137 e. The topological polar surface area (TPSA) is 61.2 Å². The predicted octanol–water partition coefficient (Wildman–Crippen LogP) is 2.90. The van der Waals surface area contributed by atoms with Crippen LogP contribution in [-0.2, 0) is 0 Å². The standard InChI is InChI=1S/C21H25N5/c22-15-20(19-16-23-21(24-19)17-7-3-1-4-8-17)26-13-11-25(12-14-26)18-9-5-2-6-10-18/h1-10,16,20H,11-15,22H2,(H,23,24). The molecule has 0 saturated carbocycles. The number of para-hydroxylation sites is 1. The van der Waals surface area contributed by atoms with E-state index in [1.54, 1.807) is 0 Å². The van der Waals surface area contributed by atoms with E-state index in [0.717, 1.165) is 43.3 Å².